The molecule has 0 aliphatic carbocycles. The van der Waals surface area contributed by atoms with Crippen LogP contribution in [0.25, 0.3) is 0 Å². The van der Waals surface area contributed by atoms with Gasteiger partial charge in [-0.25, -0.2) is 8.78 Å². The van der Waals surface area contributed by atoms with Gasteiger partial charge in [0, 0.05) is 35.7 Å². The summed E-state index contributed by atoms with van der Waals surface area (Å²) >= 11 is 1.60. The van der Waals surface area contributed by atoms with Crippen LogP contribution < -0.4 is 5.32 Å². The summed E-state index contributed by atoms with van der Waals surface area (Å²) in [5.41, 5.74) is 0.604. The molecule has 4 nitrogen and oxygen atoms in total. The van der Waals surface area contributed by atoms with Crippen molar-refractivity contribution in [2.24, 2.45) is 5.92 Å². The molecule has 142 valence electrons. The molecule has 2 aromatic rings. The summed E-state index contributed by atoms with van der Waals surface area (Å²) in [7, 11) is 0. The largest absolute Gasteiger partial charge is 0.339 e. The predicted molar refractivity (Wildman–Crippen MR) is 102 cm³/mol. The van der Waals surface area contributed by atoms with Crippen molar-refractivity contribution < 1.29 is 18.4 Å². The molecule has 1 N–H and O–H groups in total. The van der Waals surface area contributed by atoms with Crippen LogP contribution in [0.2, 0.25) is 0 Å². The van der Waals surface area contributed by atoms with Crippen LogP contribution in [0.5, 0.6) is 0 Å². The van der Waals surface area contributed by atoms with Gasteiger partial charge in [0.05, 0.1) is 5.56 Å². The van der Waals surface area contributed by atoms with Crippen molar-refractivity contribution in [1.82, 2.24) is 4.90 Å². The number of hydrogen-bond donors (Lipinski definition) is 1. The summed E-state index contributed by atoms with van der Waals surface area (Å²) in [6.07, 6.45) is 2.98. The van der Waals surface area contributed by atoms with Crippen LogP contribution in [0.3, 0.4) is 0 Å². The molecule has 0 spiro atoms. The van der Waals surface area contributed by atoms with E-state index in [1.807, 2.05) is 30.5 Å². The number of piperidine rings is 1. The van der Waals surface area contributed by atoms with Crippen LogP contribution in [-0.4, -0.2) is 36.1 Å². The fraction of sp³-hybridized carbons (Fsp3) is 0.300. The van der Waals surface area contributed by atoms with Crippen molar-refractivity contribution in [3.8, 4) is 0 Å². The number of amides is 2. The number of likely N-dealkylation sites (tertiary alicyclic amines) is 1. The second-order valence-electron chi connectivity index (χ2n) is 6.41. The van der Waals surface area contributed by atoms with E-state index in [0.29, 0.717) is 32.0 Å². The molecule has 7 heteroatoms. The second kappa shape index (κ2) is 8.52. The molecule has 0 bridgehead atoms. The van der Waals surface area contributed by atoms with Crippen molar-refractivity contribution in [3.63, 3.8) is 0 Å². The van der Waals surface area contributed by atoms with Crippen LogP contribution in [0.1, 0.15) is 23.2 Å². The van der Waals surface area contributed by atoms with Gasteiger partial charge in [0.25, 0.3) is 5.91 Å². The summed E-state index contributed by atoms with van der Waals surface area (Å²) in [6.45, 7) is 0.719. The van der Waals surface area contributed by atoms with E-state index in [1.165, 1.54) is 4.90 Å². The summed E-state index contributed by atoms with van der Waals surface area (Å²) in [5, 5.41) is 2.92. The van der Waals surface area contributed by atoms with Crippen LogP contribution in [0.4, 0.5) is 14.5 Å². The number of anilines is 1. The number of nitrogens with zero attached hydrogens (tertiary/aromatic N) is 1. The molecule has 0 saturated carbocycles. The van der Waals surface area contributed by atoms with Gasteiger partial charge < -0.3 is 10.2 Å². The molecular weight excluding hydrogens is 370 g/mol. The Morgan fingerprint density at radius 1 is 1.11 bits per heavy atom. The first-order valence-electron chi connectivity index (χ1n) is 8.67. The van der Waals surface area contributed by atoms with E-state index in [-0.39, 0.29) is 17.4 Å². The van der Waals surface area contributed by atoms with Crippen LogP contribution >= 0.6 is 11.8 Å². The highest BCUT2D eigenvalue weighted by atomic mass is 32.2. The monoisotopic (exact) mass is 390 g/mol. The summed E-state index contributed by atoms with van der Waals surface area (Å²) in [6, 6.07) is 10.5. The first-order chi connectivity index (χ1) is 13.0. The molecule has 1 aliphatic rings. The molecule has 2 aromatic carbocycles. The third-order valence-corrected chi connectivity index (χ3v) is 5.38. The van der Waals surface area contributed by atoms with E-state index in [4.69, 9.17) is 0 Å². The first-order valence-corrected chi connectivity index (χ1v) is 9.89. The number of rotatable bonds is 4. The minimum absolute atomic E-state index is 0.0756. The van der Waals surface area contributed by atoms with Gasteiger partial charge >= 0.3 is 0 Å². The van der Waals surface area contributed by atoms with Gasteiger partial charge in [-0.1, -0.05) is 6.07 Å². The molecule has 0 aromatic heterocycles. The van der Waals surface area contributed by atoms with E-state index in [2.05, 4.69) is 5.32 Å². The quantitative estimate of drug-likeness (QED) is 0.797. The molecule has 1 saturated heterocycles. The average Bonchev–Trinajstić information content (AvgIpc) is 2.68. The zero-order valence-electron chi connectivity index (χ0n) is 14.9. The van der Waals surface area contributed by atoms with Crippen molar-refractivity contribution in [2.75, 3.05) is 24.7 Å². The van der Waals surface area contributed by atoms with Gasteiger partial charge in [-0.2, -0.15) is 0 Å². The van der Waals surface area contributed by atoms with E-state index in [9.17, 15) is 18.4 Å². The highest BCUT2D eigenvalue weighted by molar-refractivity contribution is 7.98. The zero-order chi connectivity index (χ0) is 19.4. The van der Waals surface area contributed by atoms with Crippen LogP contribution in [0.15, 0.2) is 47.4 Å². The number of halogens is 2. The first kappa shape index (κ1) is 19.4. The molecular formula is C20H20F2N2O2S. The normalized spacial score (nSPS) is 14.9. The Balaban J connectivity index is 1.57. The number of benzene rings is 2. The average molecular weight is 390 g/mol. The molecule has 0 unspecified atom stereocenters. The van der Waals surface area contributed by atoms with Crippen LogP contribution in [-0.2, 0) is 4.79 Å². The lowest BCUT2D eigenvalue weighted by Crippen LogP contribution is -2.41. The lowest BCUT2D eigenvalue weighted by molar-refractivity contribution is -0.121. The Morgan fingerprint density at radius 3 is 2.52 bits per heavy atom. The van der Waals surface area contributed by atoms with Gasteiger partial charge in [-0.15, -0.1) is 11.8 Å². The van der Waals surface area contributed by atoms with Crippen molar-refractivity contribution >= 4 is 29.3 Å². The fourth-order valence-electron chi connectivity index (χ4n) is 3.12. The van der Waals surface area contributed by atoms with Crippen molar-refractivity contribution in [1.29, 1.82) is 0 Å². The predicted octanol–water partition coefficient (Wildman–Crippen LogP) is 4.18. The third-order valence-electron chi connectivity index (χ3n) is 4.65. The molecule has 0 radical (unpaired) electrons. The highest BCUT2D eigenvalue weighted by Crippen LogP contribution is 2.24. The molecule has 3 rings (SSSR count). The maximum absolute atomic E-state index is 13.8. The van der Waals surface area contributed by atoms with Gasteiger partial charge in [0.15, 0.2) is 0 Å². The summed E-state index contributed by atoms with van der Waals surface area (Å²) < 4.78 is 26.8. The number of carbonyl (C=O) groups excluding carboxylic acids is 2. The third kappa shape index (κ3) is 4.66. The molecule has 1 heterocycles. The Morgan fingerprint density at radius 2 is 1.85 bits per heavy atom. The van der Waals surface area contributed by atoms with Crippen molar-refractivity contribution in [2.45, 2.75) is 17.7 Å². The minimum Gasteiger partial charge on any atom is -0.339 e. The van der Waals surface area contributed by atoms with E-state index < -0.39 is 17.5 Å². The maximum atomic E-state index is 13.8. The number of hydrogen-bond acceptors (Lipinski definition) is 3. The topological polar surface area (TPSA) is 49.4 Å². The van der Waals surface area contributed by atoms with Gasteiger partial charge in [-0.3, -0.25) is 9.59 Å². The van der Waals surface area contributed by atoms with Gasteiger partial charge in [0.2, 0.25) is 5.91 Å². The smallest absolute Gasteiger partial charge is 0.256 e. The minimum atomic E-state index is -0.867. The summed E-state index contributed by atoms with van der Waals surface area (Å²) in [5.74, 6) is -2.34. The van der Waals surface area contributed by atoms with Crippen LogP contribution in [0, 0.1) is 17.6 Å². The number of nitrogens with one attached hydrogen (secondary N) is 1. The zero-order valence-corrected chi connectivity index (χ0v) is 15.7. The molecule has 1 fully saturated rings. The molecule has 0 atom stereocenters. The fourth-order valence-corrected chi connectivity index (χ4v) is 3.58. The Labute approximate surface area is 160 Å². The SMILES string of the molecule is CSc1cccc(NC(=O)C2CCN(C(=O)c3ccc(F)cc3F)CC2)c1. The maximum Gasteiger partial charge on any atom is 0.256 e. The molecule has 2 amide bonds. The standard InChI is InChI=1S/C20H20F2N2O2S/c1-27-16-4-2-3-15(12-16)23-19(25)13-7-9-24(10-8-13)20(26)17-6-5-14(21)11-18(17)22/h2-6,11-13H,7-10H2,1H3,(H,23,25). The van der Waals surface area contributed by atoms with E-state index >= 15 is 0 Å². The van der Waals surface area contributed by atoms with E-state index in [1.54, 1.807) is 11.8 Å². The lowest BCUT2D eigenvalue weighted by atomic mass is 9.95. The summed E-state index contributed by atoms with van der Waals surface area (Å²) in [4.78, 5) is 27.5. The highest BCUT2D eigenvalue weighted by Gasteiger charge is 2.29. The molecule has 27 heavy (non-hydrogen) atoms. The Bertz CT molecular complexity index is 852. The van der Waals surface area contributed by atoms with Gasteiger partial charge in [0.1, 0.15) is 11.6 Å². The molecule has 1 aliphatic heterocycles. The second-order valence-corrected chi connectivity index (χ2v) is 7.29. The lowest BCUT2D eigenvalue weighted by Gasteiger charge is -2.31. The number of carbonyl (C=O) groups is 2. The van der Waals surface area contributed by atoms with Crippen molar-refractivity contribution in [3.05, 3.63) is 59.7 Å². The van der Waals surface area contributed by atoms with Gasteiger partial charge in [-0.05, 0) is 49.4 Å². The Kier molecular flexibility index (Phi) is 6.11. The number of thioether (sulfide) groups is 1. The Hall–Kier alpha value is -2.41. The van der Waals surface area contributed by atoms with E-state index in [0.717, 1.165) is 22.7 Å².